The number of allylic oxidation sites excluding steroid dienone is 4. The van der Waals surface area contributed by atoms with E-state index in [1.54, 1.807) is 6.08 Å². The Bertz CT molecular complexity index is 1000. The third kappa shape index (κ3) is 5.31. The highest BCUT2D eigenvalue weighted by Gasteiger charge is 2.42. The van der Waals surface area contributed by atoms with Crippen molar-refractivity contribution in [2.75, 3.05) is 0 Å². The Labute approximate surface area is 188 Å². The van der Waals surface area contributed by atoms with Gasteiger partial charge in [-0.2, -0.15) is 0 Å². The predicted molar refractivity (Wildman–Crippen MR) is 123 cm³/mol. The maximum Gasteiger partial charge on any atom is 0.339 e. The van der Waals surface area contributed by atoms with Crippen LogP contribution in [0.25, 0.3) is 10.1 Å². The van der Waals surface area contributed by atoms with E-state index in [1.807, 2.05) is 52.0 Å². The van der Waals surface area contributed by atoms with Crippen LogP contribution in [0.4, 0.5) is 8.78 Å². The van der Waals surface area contributed by atoms with E-state index in [2.05, 4.69) is 15.9 Å². The van der Waals surface area contributed by atoms with Crippen LogP contribution in [-0.4, -0.2) is 12.2 Å². The van der Waals surface area contributed by atoms with Gasteiger partial charge in [-0.15, -0.1) is 11.3 Å². The molecule has 0 saturated carbocycles. The van der Waals surface area contributed by atoms with E-state index in [1.165, 1.54) is 11.3 Å². The van der Waals surface area contributed by atoms with Crippen LogP contribution in [0.2, 0.25) is 0 Å². The average molecular weight is 519 g/mol. The zero-order chi connectivity index (χ0) is 22.1. The largest absolute Gasteiger partial charge is 0.339 e. The van der Waals surface area contributed by atoms with Crippen molar-refractivity contribution >= 4 is 44.9 Å². The summed E-state index contributed by atoms with van der Waals surface area (Å²) in [6.45, 7) is 7.24. The van der Waals surface area contributed by atoms with E-state index < -0.39 is 24.9 Å². The molecule has 1 aromatic heterocycles. The molecule has 1 heterocycles. The molecule has 0 saturated heterocycles. The van der Waals surface area contributed by atoms with E-state index in [4.69, 9.17) is 9.05 Å². The highest BCUT2D eigenvalue weighted by Crippen LogP contribution is 2.67. The maximum absolute atomic E-state index is 14.1. The van der Waals surface area contributed by atoms with Crippen molar-refractivity contribution in [1.29, 1.82) is 0 Å². The molecular formula is C22H26BrF2O3PS. The first-order valence-corrected chi connectivity index (χ1v) is 13.2. The van der Waals surface area contributed by atoms with Crippen molar-refractivity contribution in [1.82, 2.24) is 0 Å². The van der Waals surface area contributed by atoms with Crippen molar-refractivity contribution in [2.45, 2.75) is 58.4 Å². The number of halogens is 3. The van der Waals surface area contributed by atoms with Crippen molar-refractivity contribution in [3.8, 4) is 0 Å². The smallest absolute Gasteiger partial charge is 0.305 e. The van der Waals surface area contributed by atoms with Crippen LogP contribution in [-0.2, 0) is 13.6 Å². The summed E-state index contributed by atoms with van der Waals surface area (Å²) in [6, 6.07) is 7.89. The summed E-state index contributed by atoms with van der Waals surface area (Å²) >= 11 is 5.20. The highest BCUT2D eigenvalue weighted by atomic mass is 79.9. The summed E-state index contributed by atoms with van der Waals surface area (Å²) in [5.74, 6) is -1.93. The molecule has 164 valence electrons. The van der Waals surface area contributed by atoms with Gasteiger partial charge in [-0.1, -0.05) is 24.3 Å². The molecule has 1 unspecified atom stereocenters. The number of thiophene rings is 1. The van der Waals surface area contributed by atoms with Crippen LogP contribution in [0.5, 0.6) is 0 Å². The maximum atomic E-state index is 14.1. The molecule has 0 bridgehead atoms. The van der Waals surface area contributed by atoms with Gasteiger partial charge in [0.25, 0.3) is 0 Å². The minimum atomic E-state index is -3.63. The first-order chi connectivity index (χ1) is 14.1. The topological polar surface area (TPSA) is 35.5 Å². The average Bonchev–Trinajstić information content (AvgIpc) is 2.98. The SMILES string of the molecule is CC(C)OP(=O)(OC(C)C)[C@H](CC1C=CC(F)=C(F)C1)c1sc2ccccc2c1Br. The Morgan fingerprint density at radius 3 is 2.37 bits per heavy atom. The van der Waals surface area contributed by atoms with Crippen LogP contribution in [0.1, 0.15) is 51.1 Å². The lowest BCUT2D eigenvalue weighted by Gasteiger charge is -2.31. The molecule has 0 radical (unpaired) electrons. The van der Waals surface area contributed by atoms with Crippen molar-refractivity contribution < 1.29 is 22.4 Å². The van der Waals surface area contributed by atoms with E-state index >= 15 is 0 Å². The first kappa shape index (κ1) is 23.8. The molecule has 1 aliphatic rings. The Kier molecular flexibility index (Phi) is 7.73. The van der Waals surface area contributed by atoms with Crippen LogP contribution in [0.3, 0.4) is 0 Å². The van der Waals surface area contributed by atoms with E-state index in [9.17, 15) is 13.3 Å². The minimum Gasteiger partial charge on any atom is -0.305 e. The standard InChI is InChI=1S/C22H26BrF2O3PS/c1-13(2)27-29(26,28-14(3)4)19(12-15-9-10-17(24)18(25)11-15)22-21(23)16-7-5-6-8-20(16)30-22/h5-10,13-15,19H,11-12H2,1-4H3/t15?,19-/m1/s1. The third-order valence-corrected chi connectivity index (χ3v) is 9.94. The highest BCUT2D eigenvalue weighted by molar-refractivity contribution is 9.10. The molecule has 30 heavy (non-hydrogen) atoms. The van der Waals surface area contributed by atoms with Crippen LogP contribution in [0.15, 0.2) is 52.5 Å². The van der Waals surface area contributed by atoms with Gasteiger partial charge in [0.1, 0.15) is 5.83 Å². The van der Waals surface area contributed by atoms with Gasteiger partial charge in [0.2, 0.25) is 0 Å². The molecule has 0 amide bonds. The van der Waals surface area contributed by atoms with Gasteiger partial charge in [-0.05, 0) is 68.1 Å². The quantitative estimate of drug-likeness (QED) is 0.327. The molecule has 3 rings (SSSR count). The molecule has 0 spiro atoms. The summed E-state index contributed by atoms with van der Waals surface area (Å²) in [4.78, 5) is 0.838. The van der Waals surface area contributed by atoms with Gasteiger partial charge < -0.3 is 9.05 Å². The molecule has 0 N–H and O–H groups in total. The van der Waals surface area contributed by atoms with E-state index in [0.717, 1.165) is 25.5 Å². The van der Waals surface area contributed by atoms with Gasteiger partial charge >= 0.3 is 7.60 Å². The fourth-order valence-electron chi connectivity index (χ4n) is 3.54. The van der Waals surface area contributed by atoms with Crippen molar-refractivity contribution in [3.05, 3.63) is 57.4 Å². The molecule has 3 nitrogen and oxygen atoms in total. The zero-order valence-corrected chi connectivity index (χ0v) is 20.7. The number of rotatable bonds is 8. The fourth-order valence-corrected chi connectivity index (χ4v) is 8.82. The third-order valence-electron chi connectivity index (χ3n) is 4.70. The molecular weight excluding hydrogens is 493 g/mol. The first-order valence-electron chi connectivity index (χ1n) is 9.96. The molecule has 1 aromatic carbocycles. The minimum absolute atomic E-state index is 0.0648. The lowest BCUT2D eigenvalue weighted by atomic mass is 9.94. The number of benzene rings is 1. The lowest BCUT2D eigenvalue weighted by Crippen LogP contribution is -2.16. The van der Waals surface area contributed by atoms with Crippen molar-refractivity contribution in [3.63, 3.8) is 0 Å². The Hall–Kier alpha value is -0.850. The van der Waals surface area contributed by atoms with Gasteiger partial charge in [-0.3, -0.25) is 4.57 Å². The molecule has 8 heteroatoms. The van der Waals surface area contributed by atoms with Gasteiger partial charge in [0.15, 0.2) is 5.83 Å². The molecule has 2 atom stereocenters. The second kappa shape index (κ2) is 9.74. The summed E-state index contributed by atoms with van der Waals surface area (Å²) in [5, 5.41) is 1.01. The van der Waals surface area contributed by atoms with Crippen LogP contribution in [0, 0.1) is 5.92 Å². The monoisotopic (exact) mass is 518 g/mol. The summed E-state index contributed by atoms with van der Waals surface area (Å²) in [7, 11) is -3.63. The zero-order valence-electron chi connectivity index (χ0n) is 17.4. The van der Waals surface area contributed by atoms with Crippen LogP contribution < -0.4 is 0 Å². The van der Waals surface area contributed by atoms with Gasteiger partial charge in [0.05, 0.1) is 17.9 Å². The summed E-state index contributed by atoms with van der Waals surface area (Å²) < 4.78 is 55.3. The summed E-state index contributed by atoms with van der Waals surface area (Å²) in [5.41, 5.74) is -0.613. The number of hydrogen-bond acceptors (Lipinski definition) is 4. The van der Waals surface area contributed by atoms with Crippen molar-refractivity contribution in [2.24, 2.45) is 5.92 Å². The van der Waals surface area contributed by atoms with Gasteiger partial charge in [-0.25, -0.2) is 8.78 Å². The number of fused-ring (bicyclic) bond motifs is 1. The Morgan fingerprint density at radius 1 is 1.17 bits per heavy atom. The van der Waals surface area contributed by atoms with Crippen LogP contribution >= 0.6 is 34.9 Å². The Balaban J connectivity index is 2.08. The molecule has 1 aliphatic carbocycles. The lowest BCUT2D eigenvalue weighted by molar-refractivity contribution is 0.134. The molecule has 0 aliphatic heterocycles. The van der Waals surface area contributed by atoms with E-state index in [0.29, 0.717) is 6.42 Å². The normalized spacial score (nSPS) is 18.8. The second-order valence-corrected chi connectivity index (χ2v) is 12.0. The number of hydrogen-bond donors (Lipinski definition) is 0. The fraction of sp³-hybridized carbons (Fsp3) is 0.455. The molecule has 0 fully saturated rings. The summed E-state index contributed by atoms with van der Waals surface area (Å²) in [6.07, 6.45) is 2.41. The molecule has 2 aromatic rings. The second-order valence-electron chi connectivity index (χ2n) is 7.95. The Morgan fingerprint density at radius 2 is 1.80 bits per heavy atom. The van der Waals surface area contributed by atoms with E-state index in [-0.39, 0.29) is 24.5 Å². The van der Waals surface area contributed by atoms with Gasteiger partial charge in [0, 0.05) is 25.9 Å². The predicted octanol–water partition coefficient (Wildman–Crippen LogP) is 8.86.